The predicted molar refractivity (Wildman–Crippen MR) is 188 cm³/mol. The number of rotatable bonds is 11. The molecule has 0 spiro atoms. The summed E-state index contributed by atoms with van der Waals surface area (Å²) in [6.07, 6.45) is 5.20. The summed E-state index contributed by atoms with van der Waals surface area (Å²) in [5, 5.41) is 8.82. The summed E-state index contributed by atoms with van der Waals surface area (Å²) in [5.74, 6) is -2.67. The molecule has 1 aromatic rings. The van der Waals surface area contributed by atoms with Gasteiger partial charge in [0.1, 0.15) is 18.2 Å². The molecule has 5 N–H and O–H groups in total. The van der Waals surface area contributed by atoms with Gasteiger partial charge in [-0.2, -0.15) is 0 Å². The van der Waals surface area contributed by atoms with Crippen molar-refractivity contribution in [1.82, 2.24) is 25.8 Å². The van der Waals surface area contributed by atoms with Crippen LogP contribution in [0.3, 0.4) is 0 Å². The van der Waals surface area contributed by atoms with Crippen LogP contribution >= 0.6 is 0 Å². The number of fused-ring (bicyclic) bond motifs is 4. The Balaban J connectivity index is 1.17. The summed E-state index contributed by atoms with van der Waals surface area (Å²) < 4.78 is 5.89. The van der Waals surface area contributed by atoms with Gasteiger partial charge < -0.3 is 36.2 Å². The number of Topliss-reactive ketones (excluding diaryl/α,β-unsaturated/α-hetero) is 1. The molecule has 3 aliphatic heterocycles. The number of urea groups is 1. The number of benzene rings is 1. The molecule has 13 heteroatoms. The molecule has 0 bridgehead atoms. The minimum absolute atomic E-state index is 0.0950. The number of primary amides is 1. The molecule has 6 rings (SSSR count). The van der Waals surface area contributed by atoms with E-state index in [4.69, 9.17) is 10.5 Å². The number of epoxide rings is 1. The fourth-order valence-electron chi connectivity index (χ4n) is 8.43. The van der Waals surface area contributed by atoms with Crippen molar-refractivity contribution in [2.24, 2.45) is 34.3 Å². The van der Waals surface area contributed by atoms with Crippen LogP contribution in [0.2, 0.25) is 0 Å². The van der Waals surface area contributed by atoms with Crippen LogP contribution in [0.1, 0.15) is 109 Å². The van der Waals surface area contributed by atoms with Gasteiger partial charge in [-0.15, -0.1) is 0 Å². The summed E-state index contributed by atoms with van der Waals surface area (Å²) in [6.45, 7) is 12.1. The number of carbonyl (C=O) groups excluding carboxylic acids is 6. The third-order valence-corrected chi connectivity index (χ3v) is 11.8. The molecular formula is C38H54N6O7. The number of hydrogen-bond donors (Lipinski definition) is 4. The first-order valence-corrected chi connectivity index (χ1v) is 18.5. The second-order valence-electron chi connectivity index (χ2n) is 17.4. The second-order valence-corrected chi connectivity index (χ2v) is 17.4. The molecule has 2 saturated heterocycles. The first-order valence-electron chi connectivity index (χ1n) is 18.5. The van der Waals surface area contributed by atoms with Crippen LogP contribution in [0, 0.1) is 28.6 Å². The molecule has 0 aromatic heterocycles. The number of likely N-dealkylation sites (tertiary alicyclic amines) is 1. The lowest BCUT2D eigenvalue weighted by Crippen LogP contribution is -2.62. The largest absolute Gasteiger partial charge is 0.363 e. The Morgan fingerprint density at radius 3 is 2.24 bits per heavy atom. The number of nitrogens with one attached hydrogen (secondary N) is 3. The molecule has 1 aromatic carbocycles. The monoisotopic (exact) mass is 706 g/mol. The number of nitrogens with zero attached hydrogens (tertiary/aromatic N) is 2. The predicted octanol–water partition coefficient (Wildman–Crippen LogP) is 3.02. The first-order chi connectivity index (χ1) is 24.0. The van der Waals surface area contributed by atoms with Crippen LogP contribution < -0.4 is 21.7 Å². The van der Waals surface area contributed by atoms with Crippen LogP contribution in [0.5, 0.6) is 0 Å². The minimum Gasteiger partial charge on any atom is -0.363 e. The number of ketones is 1. The molecule has 2 aliphatic carbocycles. The molecule has 3 unspecified atom stereocenters. The van der Waals surface area contributed by atoms with E-state index in [0.29, 0.717) is 18.5 Å². The van der Waals surface area contributed by atoms with Crippen molar-refractivity contribution in [3.8, 4) is 0 Å². The molecule has 3 heterocycles. The Morgan fingerprint density at radius 2 is 1.61 bits per heavy atom. The number of carbonyl (C=O) groups is 6. The van der Waals surface area contributed by atoms with E-state index < -0.39 is 64.9 Å². The minimum atomic E-state index is -1.09. The Bertz CT molecular complexity index is 1580. The molecule has 0 radical (unpaired) electrons. The van der Waals surface area contributed by atoms with Crippen molar-refractivity contribution in [2.75, 3.05) is 13.1 Å². The molecule has 4 fully saturated rings. The maximum absolute atomic E-state index is 14.5. The maximum Gasteiger partial charge on any atom is 0.315 e. The van der Waals surface area contributed by atoms with Gasteiger partial charge in [-0.1, -0.05) is 85.4 Å². The highest BCUT2D eigenvalue weighted by atomic mass is 16.6. The summed E-state index contributed by atoms with van der Waals surface area (Å²) >= 11 is 0. The topological polar surface area (TPSA) is 184 Å². The van der Waals surface area contributed by atoms with E-state index in [1.54, 1.807) is 15.9 Å². The molecule has 13 nitrogen and oxygen atoms in total. The van der Waals surface area contributed by atoms with Crippen molar-refractivity contribution >= 4 is 35.4 Å². The zero-order chi connectivity index (χ0) is 37.0. The zero-order valence-corrected chi connectivity index (χ0v) is 30.7. The Kier molecular flexibility index (Phi) is 9.99. The first kappa shape index (κ1) is 36.8. The third kappa shape index (κ3) is 7.50. The van der Waals surface area contributed by atoms with Crippen LogP contribution in [0.25, 0.3) is 0 Å². The van der Waals surface area contributed by atoms with Crippen molar-refractivity contribution in [3.05, 3.63) is 35.4 Å². The van der Waals surface area contributed by atoms with Gasteiger partial charge in [0, 0.05) is 18.7 Å². The van der Waals surface area contributed by atoms with Crippen LogP contribution in [0.15, 0.2) is 24.3 Å². The molecule has 2 saturated carbocycles. The summed E-state index contributed by atoms with van der Waals surface area (Å²) in [7, 11) is 0. The molecule has 5 aliphatic rings. The van der Waals surface area contributed by atoms with Crippen molar-refractivity contribution in [3.63, 3.8) is 0 Å². The van der Waals surface area contributed by atoms with E-state index in [0.717, 1.165) is 44.1 Å². The van der Waals surface area contributed by atoms with Crippen molar-refractivity contribution < 1.29 is 33.5 Å². The lowest BCUT2D eigenvalue weighted by atomic mass is 9.80. The molecule has 278 valence electrons. The fourth-order valence-corrected chi connectivity index (χ4v) is 8.43. The van der Waals surface area contributed by atoms with Gasteiger partial charge in [-0.3, -0.25) is 24.0 Å². The summed E-state index contributed by atoms with van der Waals surface area (Å²) in [6, 6.07) is 3.48. The number of hydrogen-bond acceptors (Lipinski definition) is 7. The van der Waals surface area contributed by atoms with E-state index in [1.165, 1.54) is 0 Å². The highest BCUT2D eigenvalue weighted by Crippen LogP contribution is 2.47. The zero-order valence-electron chi connectivity index (χ0n) is 30.7. The molecular weight excluding hydrogens is 652 g/mol. The summed E-state index contributed by atoms with van der Waals surface area (Å²) in [5.41, 5.74) is 5.64. The standard InChI is InChI=1S/C38H54N6O7/c1-37(2,3)26(19-44-33(48)24-15-8-7-14-23(24)29-35(44)51-29)41-36(50)42-30(38(4,5)6)34(49)43-18-21-13-10-16-22(21)27(43)32(47)40-25(28(45)31(39)46)17-20-11-9-12-20/h7-8,14-15,20-22,25-27,29-30,35H,9-13,16-19H2,1-6H3,(H2,39,46)(H,40,47)(H2,41,42,50)/t21-,22-,25?,26+,27-,29?,30+,35?/m0/s1. The van der Waals surface area contributed by atoms with E-state index in [-0.39, 0.29) is 42.2 Å². The van der Waals surface area contributed by atoms with E-state index in [9.17, 15) is 28.8 Å². The Hall–Kier alpha value is -4.00. The number of ether oxygens (including phenoxy) is 1. The SMILES string of the molecule is CC(C)(C)[C@H](NC(=O)N[C@H](CN1C(=O)c2ccccc2C2OC21)C(C)(C)C)C(=O)N1C[C@@H]2CCC[C@@H]2[C@H]1C(=O)NC(CC1CCC1)C(=O)C(N)=O. The van der Waals surface area contributed by atoms with Crippen molar-refractivity contribution in [1.29, 1.82) is 0 Å². The van der Waals surface area contributed by atoms with Gasteiger partial charge in [-0.25, -0.2) is 4.79 Å². The number of amides is 6. The van der Waals surface area contributed by atoms with E-state index >= 15 is 0 Å². The van der Waals surface area contributed by atoms with E-state index in [2.05, 4.69) is 16.0 Å². The third-order valence-electron chi connectivity index (χ3n) is 11.8. The van der Waals surface area contributed by atoms with Crippen molar-refractivity contribution in [2.45, 2.75) is 123 Å². The lowest BCUT2D eigenvalue weighted by molar-refractivity contribution is -0.144. The Morgan fingerprint density at radius 1 is 0.922 bits per heavy atom. The summed E-state index contributed by atoms with van der Waals surface area (Å²) in [4.78, 5) is 83.9. The maximum atomic E-state index is 14.5. The molecule has 51 heavy (non-hydrogen) atoms. The average Bonchev–Trinajstić information content (AvgIpc) is 3.56. The number of nitrogens with two attached hydrogens (primary N) is 1. The highest BCUT2D eigenvalue weighted by molar-refractivity contribution is 6.37. The van der Waals surface area contributed by atoms with Gasteiger partial charge in [0.15, 0.2) is 6.23 Å². The van der Waals surface area contributed by atoms with Gasteiger partial charge in [0.25, 0.3) is 11.8 Å². The van der Waals surface area contributed by atoms with Crippen LogP contribution in [-0.2, 0) is 23.9 Å². The van der Waals surface area contributed by atoms with Gasteiger partial charge >= 0.3 is 6.03 Å². The van der Waals surface area contributed by atoms with E-state index in [1.807, 2.05) is 59.7 Å². The van der Waals surface area contributed by atoms with Gasteiger partial charge in [-0.05, 0) is 59.5 Å². The Labute approximate surface area is 300 Å². The quantitative estimate of drug-likeness (QED) is 0.201. The van der Waals surface area contributed by atoms with Crippen LogP contribution in [0.4, 0.5) is 4.79 Å². The smallest absolute Gasteiger partial charge is 0.315 e. The van der Waals surface area contributed by atoms with Gasteiger partial charge in [0.05, 0.1) is 12.1 Å². The molecule has 8 atom stereocenters. The second kappa shape index (κ2) is 13.9. The highest BCUT2D eigenvalue weighted by Gasteiger charge is 2.54. The normalized spacial score (nSPS) is 27.3. The fraction of sp³-hybridized carbons (Fsp3) is 0.684. The van der Waals surface area contributed by atoms with Gasteiger partial charge in [0.2, 0.25) is 17.6 Å². The molecule has 6 amide bonds. The van der Waals surface area contributed by atoms with Crippen LogP contribution in [-0.4, -0.2) is 88.7 Å². The average molecular weight is 707 g/mol. The lowest BCUT2D eigenvalue weighted by Gasteiger charge is -2.39.